The van der Waals surface area contributed by atoms with Crippen molar-refractivity contribution in [1.29, 1.82) is 0 Å². The highest BCUT2D eigenvalue weighted by atomic mass is 19.4. The standard InChI is InChI=1S/C13H15F3N4/c1-3-20-8-9(6-19-20)12(17-2)11-5-4-10(7-18-11)13(14,15)16/h4-8,12,17H,3H2,1-2H3. The highest BCUT2D eigenvalue weighted by Crippen LogP contribution is 2.29. The first-order chi connectivity index (χ1) is 9.45. The first-order valence-electron chi connectivity index (χ1n) is 6.18. The van der Waals surface area contributed by atoms with Crippen LogP contribution in [0.25, 0.3) is 0 Å². The number of aryl methyl sites for hydroxylation is 1. The normalized spacial score (nSPS) is 13.4. The molecule has 1 atom stereocenters. The average molecular weight is 284 g/mol. The zero-order valence-corrected chi connectivity index (χ0v) is 11.1. The Bertz CT molecular complexity index is 560. The van der Waals surface area contributed by atoms with E-state index in [4.69, 9.17) is 0 Å². The Morgan fingerprint density at radius 2 is 2.05 bits per heavy atom. The molecule has 108 valence electrons. The number of nitrogens with one attached hydrogen (secondary N) is 1. The molecule has 0 aliphatic heterocycles. The van der Waals surface area contributed by atoms with Gasteiger partial charge in [-0.05, 0) is 26.1 Å². The van der Waals surface area contributed by atoms with E-state index in [1.54, 1.807) is 17.9 Å². The molecule has 1 unspecified atom stereocenters. The van der Waals surface area contributed by atoms with Gasteiger partial charge in [0, 0.05) is 24.5 Å². The van der Waals surface area contributed by atoms with Crippen LogP contribution in [0.2, 0.25) is 0 Å². The van der Waals surface area contributed by atoms with E-state index in [2.05, 4.69) is 15.4 Å². The van der Waals surface area contributed by atoms with Crippen molar-refractivity contribution < 1.29 is 13.2 Å². The van der Waals surface area contributed by atoms with Crippen LogP contribution in [0.15, 0.2) is 30.7 Å². The lowest BCUT2D eigenvalue weighted by Crippen LogP contribution is -2.19. The van der Waals surface area contributed by atoms with E-state index in [-0.39, 0.29) is 6.04 Å². The van der Waals surface area contributed by atoms with Crippen molar-refractivity contribution in [3.63, 3.8) is 0 Å². The van der Waals surface area contributed by atoms with Gasteiger partial charge in [0.2, 0.25) is 0 Å². The molecular weight excluding hydrogens is 269 g/mol. The molecule has 0 spiro atoms. The predicted molar refractivity (Wildman–Crippen MR) is 68.0 cm³/mol. The van der Waals surface area contributed by atoms with Crippen molar-refractivity contribution in [2.24, 2.45) is 0 Å². The third kappa shape index (κ3) is 2.98. The largest absolute Gasteiger partial charge is 0.417 e. The fraction of sp³-hybridized carbons (Fsp3) is 0.385. The first-order valence-corrected chi connectivity index (χ1v) is 6.18. The summed E-state index contributed by atoms with van der Waals surface area (Å²) in [5.41, 5.74) is 0.637. The van der Waals surface area contributed by atoms with Crippen molar-refractivity contribution in [3.05, 3.63) is 47.5 Å². The van der Waals surface area contributed by atoms with Crippen LogP contribution in [-0.2, 0) is 12.7 Å². The Morgan fingerprint density at radius 3 is 2.50 bits per heavy atom. The molecule has 2 aromatic rings. The molecule has 4 nitrogen and oxygen atoms in total. The molecule has 20 heavy (non-hydrogen) atoms. The molecule has 0 saturated heterocycles. The third-order valence-corrected chi connectivity index (χ3v) is 3.01. The van der Waals surface area contributed by atoms with Crippen molar-refractivity contribution in [3.8, 4) is 0 Å². The summed E-state index contributed by atoms with van der Waals surface area (Å²) in [4.78, 5) is 3.91. The van der Waals surface area contributed by atoms with E-state index >= 15 is 0 Å². The molecule has 0 radical (unpaired) electrons. The fourth-order valence-electron chi connectivity index (χ4n) is 1.93. The number of pyridine rings is 1. The Balaban J connectivity index is 2.28. The summed E-state index contributed by atoms with van der Waals surface area (Å²) in [6.45, 7) is 2.69. The summed E-state index contributed by atoms with van der Waals surface area (Å²) in [5, 5.41) is 7.19. The Morgan fingerprint density at radius 1 is 1.30 bits per heavy atom. The number of halogens is 3. The molecule has 0 aromatic carbocycles. The van der Waals surface area contributed by atoms with Crippen molar-refractivity contribution >= 4 is 0 Å². The van der Waals surface area contributed by atoms with Crippen LogP contribution in [0.4, 0.5) is 13.2 Å². The SMILES string of the molecule is CCn1cc(C(NC)c2ccc(C(F)(F)F)cn2)cn1. The van der Waals surface area contributed by atoms with Gasteiger partial charge in [-0.15, -0.1) is 0 Å². The van der Waals surface area contributed by atoms with Crippen LogP contribution in [0.3, 0.4) is 0 Å². The van der Waals surface area contributed by atoms with E-state index in [0.717, 1.165) is 24.4 Å². The van der Waals surface area contributed by atoms with Gasteiger partial charge in [0.25, 0.3) is 0 Å². The number of alkyl halides is 3. The predicted octanol–water partition coefficient (Wildman–Crippen LogP) is 2.63. The van der Waals surface area contributed by atoms with Gasteiger partial charge in [0.05, 0.1) is 23.5 Å². The molecule has 0 saturated carbocycles. The number of aromatic nitrogens is 3. The maximum Gasteiger partial charge on any atom is 0.417 e. The summed E-state index contributed by atoms with van der Waals surface area (Å²) in [6.07, 6.45) is 0.0161. The topological polar surface area (TPSA) is 42.7 Å². The Kier molecular flexibility index (Phi) is 4.08. The lowest BCUT2D eigenvalue weighted by Gasteiger charge is -2.14. The smallest absolute Gasteiger partial charge is 0.308 e. The molecule has 1 N–H and O–H groups in total. The minimum absolute atomic E-state index is 0.280. The van der Waals surface area contributed by atoms with Crippen LogP contribution in [-0.4, -0.2) is 21.8 Å². The van der Waals surface area contributed by atoms with Crippen LogP contribution in [0.5, 0.6) is 0 Å². The Labute approximate surface area is 114 Å². The zero-order chi connectivity index (χ0) is 14.8. The maximum atomic E-state index is 12.5. The van der Waals surface area contributed by atoms with Gasteiger partial charge < -0.3 is 5.32 Å². The number of nitrogens with zero attached hydrogens (tertiary/aromatic N) is 3. The molecule has 0 bridgehead atoms. The molecule has 2 rings (SSSR count). The Hall–Kier alpha value is -1.89. The second-order valence-electron chi connectivity index (χ2n) is 4.32. The summed E-state index contributed by atoms with van der Waals surface area (Å²) < 4.78 is 39.3. The lowest BCUT2D eigenvalue weighted by molar-refractivity contribution is -0.137. The van der Waals surface area contributed by atoms with Crippen molar-refractivity contribution in [2.75, 3.05) is 7.05 Å². The van der Waals surface area contributed by atoms with E-state index < -0.39 is 11.7 Å². The molecule has 2 heterocycles. The molecular formula is C13H15F3N4. The summed E-state index contributed by atoms with van der Waals surface area (Å²) >= 11 is 0. The molecule has 0 fully saturated rings. The van der Waals surface area contributed by atoms with Gasteiger partial charge in [-0.1, -0.05) is 0 Å². The summed E-state index contributed by atoms with van der Waals surface area (Å²) in [5.74, 6) is 0. The first kappa shape index (κ1) is 14.5. The molecule has 0 amide bonds. The van der Waals surface area contributed by atoms with Gasteiger partial charge in [-0.25, -0.2) is 0 Å². The second-order valence-corrected chi connectivity index (χ2v) is 4.32. The zero-order valence-electron chi connectivity index (χ0n) is 11.1. The fourth-order valence-corrected chi connectivity index (χ4v) is 1.93. The van der Waals surface area contributed by atoms with Gasteiger partial charge in [0.15, 0.2) is 0 Å². The molecule has 2 aromatic heterocycles. The van der Waals surface area contributed by atoms with Crippen LogP contribution >= 0.6 is 0 Å². The van der Waals surface area contributed by atoms with E-state index in [1.165, 1.54) is 6.07 Å². The molecule has 7 heteroatoms. The van der Waals surface area contributed by atoms with E-state index in [9.17, 15) is 13.2 Å². The number of hydrogen-bond donors (Lipinski definition) is 1. The van der Waals surface area contributed by atoms with Gasteiger partial charge in [0.1, 0.15) is 0 Å². The number of rotatable bonds is 4. The minimum Gasteiger partial charge on any atom is -0.308 e. The summed E-state index contributed by atoms with van der Waals surface area (Å²) in [6, 6.07) is 2.14. The molecule has 0 aliphatic rings. The van der Waals surface area contributed by atoms with Crippen molar-refractivity contribution in [2.45, 2.75) is 25.7 Å². The third-order valence-electron chi connectivity index (χ3n) is 3.01. The summed E-state index contributed by atoms with van der Waals surface area (Å²) in [7, 11) is 1.73. The quantitative estimate of drug-likeness (QED) is 0.938. The lowest BCUT2D eigenvalue weighted by atomic mass is 10.1. The van der Waals surface area contributed by atoms with Gasteiger partial charge in [-0.2, -0.15) is 18.3 Å². The van der Waals surface area contributed by atoms with Crippen LogP contribution in [0.1, 0.15) is 29.8 Å². The van der Waals surface area contributed by atoms with Gasteiger partial charge >= 0.3 is 6.18 Å². The van der Waals surface area contributed by atoms with Crippen molar-refractivity contribution in [1.82, 2.24) is 20.1 Å². The molecule has 0 aliphatic carbocycles. The van der Waals surface area contributed by atoms with Gasteiger partial charge in [-0.3, -0.25) is 9.67 Å². The van der Waals surface area contributed by atoms with Crippen LogP contribution < -0.4 is 5.32 Å². The van der Waals surface area contributed by atoms with Crippen LogP contribution in [0, 0.1) is 0 Å². The maximum absolute atomic E-state index is 12.5. The monoisotopic (exact) mass is 284 g/mol. The minimum atomic E-state index is -4.37. The van der Waals surface area contributed by atoms with E-state index in [0.29, 0.717) is 5.69 Å². The van der Waals surface area contributed by atoms with E-state index in [1.807, 2.05) is 13.1 Å². The highest BCUT2D eigenvalue weighted by Gasteiger charge is 2.31. The number of hydrogen-bond acceptors (Lipinski definition) is 3. The highest BCUT2D eigenvalue weighted by molar-refractivity contribution is 5.26. The second kappa shape index (κ2) is 5.62. The average Bonchev–Trinajstić information content (AvgIpc) is 2.88.